The van der Waals surface area contributed by atoms with Crippen molar-refractivity contribution in [3.05, 3.63) is 40.5 Å². The molecule has 10 nitrogen and oxygen atoms in total. The van der Waals surface area contributed by atoms with Gasteiger partial charge in [-0.15, -0.1) is 0 Å². The molecule has 4 N–H and O–H groups in total. The van der Waals surface area contributed by atoms with Crippen molar-refractivity contribution in [1.29, 1.82) is 0 Å². The first-order valence-corrected chi connectivity index (χ1v) is 18.2. The van der Waals surface area contributed by atoms with Gasteiger partial charge >= 0.3 is 6.09 Å². The van der Waals surface area contributed by atoms with E-state index >= 15 is 4.39 Å². The molecule has 47 heavy (non-hydrogen) atoms. The number of primary amides is 1. The van der Waals surface area contributed by atoms with Crippen LogP contribution in [0.4, 0.5) is 23.7 Å². The number of carbonyl (C=O) groups excluding carboxylic acids is 2. The minimum Gasteiger partial charge on any atom is -0.446 e. The van der Waals surface area contributed by atoms with Crippen LogP contribution in [0, 0.1) is 11.2 Å². The predicted molar refractivity (Wildman–Crippen MR) is 171 cm³/mol. The number of fused-ring (bicyclic) bond motifs is 3. The Balaban J connectivity index is 1.13. The molecule has 1 saturated heterocycles. The van der Waals surface area contributed by atoms with Crippen LogP contribution >= 0.6 is 0 Å². The largest absolute Gasteiger partial charge is 0.446 e. The molecule has 4 aliphatic rings. The summed E-state index contributed by atoms with van der Waals surface area (Å²) in [6, 6.07) is 2.81. The van der Waals surface area contributed by atoms with Crippen LogP contribution in [-0.4, -0.2) is 79.9 Å². The molecule has 0 unspecified atom stereocenters. The average Bonchev–Trinajstić information content (AvgIpc) is 3.53. The van der Waals surface area contributed by atoms with Gasteiger partial charge in [-0.25, -0.2) is 26.4 Å². The normalized spacial score (nSPS) is 24.6. The van der Waals surface area contributed by atoms with Crippen molar-refractivity contribution in [3.8, 4) is 5.69 Å². The van der Waals surface area contributed by atoms with Gasteiger partial charge in [-0.2, -0.15) is 0 Å². The minimum absolute atomic E-state index is 0.0572. The van der Waals surface area contributed by atoms with Crippen LogP contribution in [0.15, 0.2) is 17.0 Å². The highest BCUT2D eigenvalue weighted by Crippen LogP contribution is 2.45. The summed E-state index contributed by atoms with van der Waals surface area (Å²) >= 11 is 0. The Hall–Kier alpha value is -3.26. The fraction of sp³-hybridized carbons (Fsp3) is 0.636. The molecule has 0 atom stereocenters. The van der Waals surface area contributed by atoms with Gasteiger partial charge in [0.05, 0.1) is 27.6 Å². The molecule has 3 heterocycles. The number of anilines is 1. The van der Waals surface area contributed by atoms with Crippen molar-refractivity contribution in [2.24, 2.45) is 11.1 Å². The second-order valence-electron chi connectivity index (χ2n) is 14.4. The molecule has 0 spiro atoms. The average molecular weight is 680 g/mol. The standard InChI is InChI=1S/C33H44F3N5O5S/c1-32(2)18-27-29(47(44,45)19-32)23-4-3-5-26(23)41(27)21-16-24(34)28(30(37)42)25(17-21)39-20-6-8-22(9-7-20)46-31(43)38-12-15-40-13-10-33(35,36)11-14-40/h16-17,20,22,39H,3-15,18-19H2,1-2H3,(H2,37,42)(H,38,43). The second kappa shape index (κ2) is 12.6. The number of amides is 2. The number of ether oxygens (including phenoxy) is 1. The van der Waals surface area contributed by atoms with Gasteiger partial charge in [0.2, 0.25) is 0 Å². The number of nitrogens with zero attached hydrogens (tertiary/aromatic N) is 2. The Morgan fingerprint density at radius 2 is 1.77 bits per heavy atom. The molecule has 2 aliphatic heterocycles. The molecule has 1 saturated carbocycles. The van der Waals surface area contributed by atoms with E-state index in [0.29, 0.717) is 87.4 Å². The number of halogens is 3. The van der Waals surface area contributed by atoms with Crippen molar-refractivity contribution >= 4 is 27.5 Å². The molecule has 2 fully saturated rings. The van der Waals surface area contributed by atoms with Crippen LogP contribution in [0.2, 0.25) is 0 Å². The maximum absolute atomic E-state index is 15.7. The zero-order valence-electron chi connectivity index (χ0n) is 27.0. The number of aromatic nitrogens is 1. The highest BCUT2D eigenvalue weighted by Gasteiger charge is 2.43. The van der Waals surface area contributed by atoms with Gasteiger partial charge < -0.3 is 30.6 Å². The van der Waals surface area contributed by atoms with Gasteiger partial charge in [0.25, 0.3) is 11.8 Å². The van der Waals surface area contributed by atoms with E-state index in [1.165, 1.54) is 6.07 Å². The summed E-state index contributed by atoms with van der Waals surface area (Å²) in [5.74, 6) is -4.25. The van der Waals surface area contributed by atoms with Crippen LogP contribution < -0.4 is 16.4 Å². The van der Waals surface area contributed by atoms with Gasteiger partial charge in [0.15, 0.2) is 9.84 Å². The highest BCUT2D eigenvalue weighted by atomic mass is 32.2. The van der Waals surface area contributed by atoms with Gasteiger partial charge in [-0.05, 0) is 74.5 Å². The highest BCUT2D eigenvalue weighted by molar-refractivity contribution is 7.91. The number of carbonyl (C=O) groups is 2. The number of hydrogen-bond acceptors (Lipinski definition) is 7. The fourth-order valence-electron chi connectivity index (χ4n) is 7.83. The Morgan fingerprint density at radius 3 is 2.45 bits per heavy atom. The van der Waals surface area contributed by atoms with E-state index in [9.17, 15) is 26.8 Å². The molecular weight excluding hydrogens is 635 g/mol. The second-order valence-corrected chi connectivity index (χ2v) is 16.3. The van der Waals surface area contributed by atoms with E-state index in [0.717, 1.165) is 17.7 Å². The molecule has 0 radical (unpaired) electrons. The van der Waals surface area contributed by atoms with Crippen molar-refractivity contribution in [3.63, 3.8) is 0 Å². The lowest BCUT2D eigenvalue weighted by molar-refractivity contribution is -0.0548. The summed E-state index contributed by atoms with van der Waals surface area (Å²) < 4.78 is 76.8. The topological polar surface area (TPSA) is 136 Å². The Morgan fingerprint density at radius 1 is 1.06 bits per heavy atom. The van der Waals surface area contributed by atoms with E-state index in [2.05, 4.69) is 10.6 Å². The molecular formula is C33H44F3N5O5S. The number of rotatable bonds is 8. The van der Waals surface area contributed by atoms with Gasteiger partial charge in [0, 0.05) is 56.5 Å². The number of hydrogen-bond donors (Lipinski definition) is 3. The Bertz CT molecular complexity index is 1660. The van der Waals surface area contributed by atoms with E-state index in [4.69, 9.17) is 10.5 Å². The number of alkyl halides is 2. The molecule has 1 aromatic heterocycles. The van der Waals surface area contributed by atoms with Crippen molar-refractivity contribution < 1.29 is 35.9 Å². The summed E-state index contributed by atoms with van der Waals surface area (Å²) in [5.41, 5.74) is 7.95. The lowest BCUT2D eigenvalue weighted by Crippen LogP contribution is -2.43. The zero-order chi connectivity index (χ0) is 33.7. The van der Waals surface area contributed by atoms with Gasteiger partial charge in [0.1, 0.15) is 11.9 Å². The SMILES string of the molecule is CC1(C)Cc2c(c3c(n2-c2cc(F)c(C(N)=O)c(NC4CCC(OC(=O)NCCN5CCC(F)(F)CC5)CC4)c2)CCC3)S(=O)(=O)C1. The first kappa shape index (κ1) is 33.6. The fourth-order valence-corrected chi connectivity index (χ4v) is 10.2. The molecule has 2 aliphatic carbocycles. The molecule has 14 heteroatoms. The van der Waals surface area contributed by atoms with Crippen molar-refractivity contribution in [2.45, 2.75) is 101 Å². The smallest absolute Gasteiger partial charge is 0.407 e. The third-order valence-electron chi connectivity index (χ3n) is 9.97. The monoisotopic (exact) mass is 679 g/mol. The van der Waals surface area contributed by atoms with Crippen LogP contribution in [-0.2, 0) is 33.8 Å². The predicted octanol–water partition coefficient (Wildman–Crippen LogP) is 4.74. The molecule has 2 aromatic rings. The summed E-state index contributed by atoms with van der Waals surface area (Å²) in [6.07, 6.45) is 3.71. The van der Waals surface area contributed by atoms with Crippen molar-refractivity contribution in [2.75, 3.05) is 37.2 Å². The van der Waals surface area contributed by atoms with Crippen LogP contribution in [0.5, 0.6) is 0 Å². The lowest BCUT2D eigenvalue weighted by atomic mass is 9.89. The molecule has 2 amide bonds. The number of alkyl carbamates (subject to hydrolysis) is 1. The first-order chi connectivity index (χ1) is 22.1. The summed E-state index contributed by atoms with van der Waals surface area (Å²) in [4.78, 5) is 27.1. The van der Waals surface area contributed by atoms with E-state index in [1.54, 1.807) is 6.07 Å². The number of nitrogens with one attached hydrogen (secondary N) is 2. The molecule has 258 valence electrons. The molecule has 6 rings (SSSR count). The molecule has 0 bridgehead atoms. The number of piperidine rings is 1. The van der Waals surface area contributed by atoms with Crippen LogP contribution in [0.3, 0.4) is 0 Å². The Kier molecular flexibility index (Phi) is 9.05. The van der Waals surface area contributed by atoms with E-state index in [-0.39, 0.29) is 42.0 Å². The number of sulfone groups is 1. The Labute approximate surface area is 273 Å². The van der Waals surface area contributed by atoms with Crippen LogP contribution in [0.25, 0.3) is 5.69 Å². The van der Waals surface area contributed by atoms with Gasteiger partial charge in [-0.3, -0.25) is 4.79 Å². The summed E-state index contributed by atoms with van der Waals surface area (Å²) in [5, 5.41) is 6.02. The molecule has 1 aromatic carbocycles. The maximum atomic E-state index is 15.7. The third-order valence-corrected chi connectivity index (χ3v) is 12.2. The third kappa shape index (κ3) is 7.13. The van der Waals surface area contributed by atoms with Crippen molar-refractivity contribution in [1.82, 2.24) is 14.8 Å². The number of benzene rings is 1. The zero-order valence-corrected chi connectivity index (χ0v) is 27.8. The summed E-state index contributed by atoms with van der Waals surface area (Å²) in [7, 11) is -3.53. The number of nitrogens with two attached hydrogens (primary N) is 1. The maximum Gasteiger partial charge on any atom is 0.407 e. The number of likely N-dealkylation sites (tertiary alicyclic amines) is 1. The first-order valence-electron chi connectivity index (χ1n) is 16.6. The quantitative estimate of drug-likeness (QED) is 0.367. The van der Waals surface area contributed by atoms with E-state index in [1.807, 2.05) is 23.3 Å². The van der Waals surface area contributed by atoms with E-state index < -0.39 is 39.0 Å². The lowest BCUT2D eigenvalue weighted by Gasteiger charge is -2.32. The summed E-state index contributed by atoms with van der Waals surface area (Å²) in [6.45, 7) is 5.20. The van der Waals surface area contributed by atoms with Gasteiger partial charge in [-0.1, -0.05) is 13.8 Å². The van der Waals surface area contributed by atoms with Crippen LogP contribution in [0.1, 0.15) is 86.1 Å². The minimum atomic E-state index is -3.53.